The molecule has 0 saturated carbocycles. The van der Waals surface area contributed by atoms with E-state index in [1.54, 1.807) is 12.1 Å². The molecule has 0 radical (unpaired) electrons. The minimum atomic E-state index is -0.617. The fraction of sp³-hybridized carbons (Fsp3) is 0.333. The lowest BCUT2D eigenvalue weighted by Crippen LogP contribution is -2.35. The summed E-state index contributed by atoms with van der Waals surface area (Å²) in [6.45, 7) is 0.206. The van der Waals surface area contributed by atoms with Crippen LogP contribution in [0.15, 0.2) is 18.2 Å². The van der Waals surface area contributed by atoms with Gasteiger partial charge in [0.2, 0.25) is 5.91 Å². The van der Waals surface area contributed by atoms with Crippen LogP contribution in [0.1, 0.15) is 11.3 Å². The van der Waals surface area contributed by atoms with Gasteiger partial charge in [-0.1, -0.05) is 11.6 Å². The predicted octanol–water partition coefficient (Wildman–Crippen LogP) is 1.58. The van der Waals surface area contributed by atoms with Crippen molar-refractivity contribution in [2.45, 2.75) is 18.6 Å². The van der Waals surface area contributed by atoms with Gasteiger partial charge in [0, 0.05) is 23.9 Å². The number of carbonyl (C=O) groups is 2. The molecule has 2 unspecified atom stereocenters. The van der Waals surface area contributed by atoms with Crippen molar-refractivity contribution in [2.24, 2.45) is 0 Å². The van der Waals surface area contributed by atoms with Crippen LogP contribution in [0.25, 0.3) is 6.08 Å². The molecule has 1 fully saturated rings. The van der Waals surface area contributed by atoms with Crippen molar-refractivity contribution in [2.75, 3.05) is 6.54 Å². The van der Waals surface area contributed by atoms with Gasteiger partial charge in [0.25, 0.3) is 0 Å². The quantitative estimate of drug-likeness (QED) is 0.677. The van der Waals surface area contributed by atoms with Gasteiger partial charge in [-0.2, -0.15) is 0 Å². The normalized spacial score (nSPS) is 23.8. The van der Waals surface area contributed by atoms with Gasteiger partial charge in [0.1, 0.15) is 6.29 Å². The number of hydrogen-bond acceptors (Lipinski definition) is 4. The lowest BCUT2D eigenvalue weighted by atomic mass is 10.2. The highest BCUT2D eigenvalue weighted by atomic mass is 35.5. The molecule has 2 atom stereocenters. The van der Waals surface area contributed by atoms with Gasteiger partial charge in [-0.25, -0.2) is 0 Å². The van der Waals surface area contributed by atoms with E-state index in [4.69, 9.17) is 11.6 Å². The second-order valence-corrected chi connectivity index (χ2v) is 5.81. The number of amides is 1. The molecular formula is C12H12ClNO3S. The van der Waals surface area contributed by atoms with Crippen molar-refractivity contribution in [3.8, 4) is 0 Å². The summed E-state index contributed by atoms with van der Waals surface area (Å²) >= 11 is 7.15. The molecule has 0 aromatic carbocycles. The number of halogens is 1. The number of rotatable bonds is 3. The Morgan fingerprint density at radius 2 is 2.33 bits per heavy atom. The van der Waals surface area contributed by atoms with Gasteiger partial charge >= 0.3 is 0 Å². The van der Waals surface area contributed by atoms with E-state index < -0.39 is 12.1 Å². The summed E-state index contributed by atoms with van der Waals surface area (Å²) in [5, 5.41) is 9.45. The Hall–Kier alpha value is -1.17. The summed E-state index contributed by atoms with van der Waals surface area (Å²) in [4.78, 5) is 24.9. The Kier molecular flexibility index (Phi) is 4.16. The lowest BCUT2D eigenvalue weighted by molar-refractivity contribution is -0.130. The van der Waals surface area contributed by atoms with Crippen LogP contribution >= 0.6 is 22.9 Å². The molecule has 1 aliphatic rings. The second kappa shape index (κ2) is 5.65. The maximum atomic E-state index is 11.9. The number of aldehydes is 1. The Balaban J connectivity index is 2.03. The van der Waals surface area contributed by atoms with E-state index in [-0.39, 0.29) is 12.5 Å². The van der Waals surface area contributed by atoms with Crippen LogP contribution in [0.3, 0.4) is 0 Å². The first-order valence-corrected chi connectivity index (χ1v) is 6.67. The standard InChI is InChI=1S/C12H12ClNO3S/c13-11-3-1-10(18-11)2-4-12(17)14-6-9(16)5-8(14)7-15/h1-4,7-9,16H,5-6H2/b4-2+. The SMILES string of the molecule is O=CC1CC(O)CN1C(=O)/C=C/c1ccc(Cl)s1. The van der Waals surface area contributed by atoms with Crippen LogP contribution < -0.4 is 0 Å². The molecule has 0 bridgehead atoms. The third kappa shape index (κ3) is 2.98. The first-order chi connectivity index (χ1) is 8.60. The molecule has 1 N–H and O–H groups in total. The van der Waals surface area contributed by atoms with Crippen molar-refractivity contribution in [1.82, 2.24) is 4.90 Å². The number of β-amino-alcohol motifs (C(OH)–C–C–N with tert-alkyl or cyclic N) is 1. The van der Waals surface area contributed by atoms with Crippen molar-refractivity contribution < 1.29 is 14.7 Å². The Labute approximate surface area is 113 Å². The number of aliphatic hydroxyl groups is 1. The van der Waals surface area contributed by atoms with Gasteiger partial charge < -0.3 is 14.8 Å². The van der Waals surface area contributed by atoms with E-state index >= 15 is 0 Å². The molecule has 96 valence electrons. The lowest BCUT2D eigenvalue weighted by Gasteiger charge is -2.17. The van der Waals surface area contributed by atoms with Crippen LogP contribution in [0.4, 0.5) is 0 Å². The van der Waals surface area contributed by atoms with Crippen molar-refractivity contribution in [3.63, 3.8) is 0 Å². The Morgan fingerprint density at radius 1 is 1.56 bits per heavy atom. The fourth-order valence-electron chi connectivity index (χ4n) is 1.89. The van der Waals surface area contributed by atoms with E-state index in [1.165, 1.54) is 22.3 Å². The summed E-state index contributed by atoms with van der Waals surface area (Å²) < 4.78 is 0.657. The van der Waals surface area contributed by atoms with E-state index in [0.29, 0.717) is 17.0 Å². The smallest absolute Gasteiger partial charge is 0.247 e. The molecule has 1 aromatic heterocycles. The minimum absolute atomic E-state index is 0.206. The first kappa shape index (κ1) is 13.3. The van der Waals surface area contributed by atoms with E-state index in [9.17, 15) is 14.7 Å². The highest BCUT2D eigenvalue weighted by molar-refractivity contribution is 7.17. The topological polar surface area (TPSA) is 57.6 Å². The monoisotopic (exact) mass is 285 g/mol. The van der Waals surface area contributed by atoms with Crippen LogP contribution in [-0.2, 0) is 9.59 Å². The largest absolute Gasteiger partial charge is 0.391 e. The Bertz CT molecular complexity index is 485. The Morgan fingerprint density at radius 3 is 2.94 bits per heavy atom. The number of likely N-dealkylation sites (tertiary alicyclic amines) is 1. The maximum Gasteiger partial charge on any atom is 0.247 e. The molecule has 1 saturated heterocycles. The summed E-state index contributed by atoms with van der Waals surface area (Å²) in [6, 6.07) is 3.04. The predicted molar refractivity (Wildman–Crippen MR) is 70.6 cm³/mol. The highest BCUT2D eigenvalue weighted by Gasteiger charge is 2.32. The molecule has 1 aromatic rings. The zero-order valence-electron chi connectivity index (χ0n) is 9.45. The minimum Gasteiger partial charge on any atom is -0.391 e. The van der Waals surface area contributed by atoms with Gasteiger partial charge in [-0.3, -0.25) is 4.79 Å². The van der Waals surface area contributed by atoms with Gasteiger partial charge in [-0.05, 0) is 18.2 Å². The summed E-state index contributed by atoms with van der Waals surface area (Å²) in [5.41, 5.74) is 0. The summed E-state index contributed by atoms with van der Waals surface area (Å²) in [6.07, 6.45) is 3.45. The van der Waals surface area contributed by atoms with E-state index in [0.717, 1.165) is 4.88 Å². The zero-order chi connectivity index (χ0) is 13.1. The number of hydrogen-bond donors (Lipinski definition) is 1. The molecule has 6 heteroatoms. The number of nitrogens with zero attached hydrogens (tertiary/aromatic N) is 1. The zero-order valence-corrected chi connectivity index (χ0v) is 11.0. The average molecular weight is 286 g/mol. The number of aliphatic hydroxyl groups excluding tert-OH is 1. The highest BCUT2D eigenvalue weighted by Crippen LogP contribution is 2.23. The van der Waals surface area contributed by atoms with Crippen molar-refractivity contribution in [3.05, 3.63) is 27.4 Å². The van der Waals surface area contributed by atoms with Crippen LogP contribution in [-0.4, -0.2) is 40.9 Å². The van der Waals surface area contributed by atoms with E-state index in [1.807, 2.05) is 6.07 Å². The third-order valence-corrected chi connectivity index (χ3v) is 3.94. The average Bonchev–Trinajstić information content (AvgIpc) is 2.92. The van der Waals surface area contributed by atoms with E-state index in [2.05, 4.69) is 0 Å². The van der Waals surface area contributed by atoms with Gasteiger partial charge in [0.05, 0.1) is 16.5 Å². The molecule has 1 aliphatic heterocycles. The van der Waals surface area contributed by atoms with Crippen molar-refractivity contribution in [1.29, 1.82) is 0 Å². The van der Waals surface area contributed by atoms with Crippen LogP contribution in [0.5, 0.6) is 0 Å². The molecule has 18 heavy (non-hydrogen) atoms. The molecule has 0 spiro atoms. The molecule has 0 aliphatic carbocycles. The number of carbonyl (C=O) groups excluding carboxylic acids is 2. The molecule has 1 amide bonds. The second-order valence-electron chi connectivity index (χ2n) is 4.06. The van der Waals surface area contributed by atoms with Crippen molar-refractivity contribution >= 4 is 41.2 Å². The fourth-order valence-corrected chi connectivity index (χ4v) is 2.86. The van der Waals surface area contributed by atoms with Crippen LogP contribution in [0, 0.1) is 0 Å². The molecule has 2 rings (SSSR count). The van der Waals surface area contributed by atoms with Gasteiger partial charge in [0.15, 0.2) is 0 Å². The third-order valence-electron chi connectivity index (χ3n) is 2.75. The maximum absolute atomic E-state index is 11.9. The first-order valence-electron chi connectivity index (χ1n) is 5.47. The molecular weight excluding hydrogens is 274 g/mol. The summed E-state index contributed by atoms with van der Waals surface area (Å²) in [7, 11) is 0. The number of thiophene rings is 1. The van der Waals surface area contributed by atoms with Gasteiger partial charge in [-0.15, -0.1) is 11.3 Å². The summed E-state index contributed by atoms with van der Waals surface area (Å²) in [5.74, 6) is -0.270. The molecule has 4 nitrogen and oxygen atoms in total. The molecule has 2 heterocycles. The van der Waals surface area contributed by atoms with Crippen LogP contribution in [0.2, 0.25) is 4.34 Å².